The van der Waals surface area contributed by atoms with E-state index >= 15 is 0 Å². The standard InChI is InChI=1S/C24H30N4O4/c1-18(25-24(31)19-6-4-3-5-7-19)16-23(30)27(2)17-22(29)26-20-8-10-21(11-9-20)28-12-14-32-15-13-28/h3-11,18H,12-17H2,1-2H3,(H,25,31)(H,26,29). The molecule has 1 atom stereocenters. The Labute approximate surface area is 188 Å². The van der Waals surface area contributed by atoms with E-state index in [2.05, 4.69) is 15.5 Å². The summed E-state index contributed by atoms with van der Waals surface area (Å²) in [5.74, 6) is -0.726. The fourth-order valence-corrected chi connectivity index (χ4v) is 3.45. The van der Waals surface area contributed by atoms with Gasteiger partial charge in [0.25, 0.3) is 5.91 Å². The molecule has 1 fully saturated rings. The molecule has 0 spiro atoms. The molecule has 0 aliphatic carbocycles. The van der Waals surface area contributed by atoms with Gasteiger partial charge in [-0.3, -0.25) is 14.4 Å². The molecular formula is C24H30N4O4. The van der Waals surface area contributed by atoms with Crippen molar-refractivity contribution < 1.29 is 19.1 Å². The van der Waals surface area contributed by atoms with Crippen molar-refractivity contribution in [2.75, 3.05) is 50.1 Å². The molecule has 1 unspecified atom stereocenters. The highest BCUT2D eigenvalue weighted by atomic mass is 16.5. The Morgan fingerprint density at radius 1 is 1.03 bits per heavy atom. The number of nitrogens with zero attached hydrogens (tertiary/aromatic N) is 2. The lowest BCUT2D eigenvalue weighted by Crippen LogP contribution is -2.40. The number of nitrogens with one attached hydrogen (secondary N) is 2. The summed E-state index contributed by atoms with van der Waals surface area (Å²) in [6.07, 6.45) is 0.108. The van der Waals surface area contributed by atoms with Crippen molar-refractivity contribution in [1.82, 2.24) is 10.2 Å². The molecule has 1 aliphatic rings. The predicted octanol–water partition coefficient (Wildman–Crippen LogP) is 2.13. The number of morpholine rings is 1. The summed E-state index contributed by atoms with van der Waals surface area (Å²) in [6, 6.07) is 16.1. The molecule has 32 heavy (non-hydrogen) atoms. The minimum atomic E-state index is -0.353. The Bertz CT molecular complexity index is 911. The van der Waals surface area contributed by atoms with Crippen LogP contribution in [0.3, 0.4) is 0 Å². The molecular weight excluding hydrogens is 408 g/mol. The van der Waals surface area contributed by atoms with Crippen LogP contribution in [-0.2, 0) is 14.3 Å². The maximum Gasteiger partial charge on any atom is 0.251 e. The summed E-state index contributed by atoms with van der Waals surface area (Å²) < 4.78 is 5.37. The fourth-order valence-electron chi connectivity index (χ4n) is 3.45. The second kappa shape index (κ2) is 11.3. The van der Waals surface area contributed by atoms with Gasteiger partial charge in [0, 0.05) is 49.5 Å². The van der Waals surface area contributed by atoms with E-state index in [4.69, 9.17) is 4.74 Å². The Hall–Kier alpha value is -3.39. The first kappa shape index (κ1) is 23.3. The average molecular weight is 439 g/mol. The van der Waals surface area contributed by atoms with Gasteiger partial charge in [0.1, 0.15) is 0 Å². The summed E-state index contributed by atoms with van der Waals surface area (Å²) >= 11 is 0. The van der Waals surface area contributed by atoms with Crippen molar-refractivity contribution >= 4 is 29.1 Å². The van der Waals surface area contributed by atoms with E-state index in [0.717, 1.165) is 18.8 Å². The topological polar surface area (TPSA) is 91.0 Å². The predicted molar refractivity (Wildman–Crippen MR) is 124 cm³/mol. The summed E-state index contributed by atoms with van der Waals surface area (Å²) in [6.45, 7) is 4.83. The van der Waals surface area contributed by atoms with E-state index < -0.39 is 0 Å². The van der Waals surface area contributed by atoms with Gasteiger partial charge < -0.3 is 25.2 Å². The highest BCUT2D eigenvalue weighted by molar-refractivity contribution is 5.96. The van der Waals surface area contributed by atoms with Crippen LogP contribution in [-0.4, -0.2) is 68.6 Å². The number of hydrogen-bond acceptors (Lipinski definition) is 5. The number of hydrogen-bond donors (Lipinski definition) is 2. The molecule has 1 heterocycles. The van der Waals surface area contributed by atoms with Gasteiger partial charge in [0.05, 0.1) is 19.8 Å². The molecule has 1 aliphatic heterocycles. The van der Waals surface area contributed by atoms with Gasteiger partial charge in [-0.15, -0.1) is 0 Å². The zero-order chi connectivity index (χ0) is 22.9. The van der Waals surface area contributed by atoms with Gasteiger partial charge >= 0.3 is 0 Å². The highest BCUT2D eigenvalue weighted by Gasteiger charge is 2.18. The van der Waals surface area contributed by atoms with Crippen LogP contribution in [0.4, 0.5) is 11.4 Å². The Morgan fingerprint density at radius 3 is 2.34 bits per heavy atom. The molecule has 170 valence electrons. The molecule has 2 aromatic carbocycles. The van der Waals surface area contributed by atoms with E-state index in [1.165, 1.54) is 4.90 Å². The van der Waals surface area contributed by atoms with E-state index in [1.807, 2.05) is 30.3 Å². The van der Waals surface area contributed by atoms with Gasteiger partial charge in [-0.2, -0.15) is 0 Å². The Morgan fingerprint density at radius 2 is 1.69 bits per heavy atom. The quantitative estimate of drug-likeness (QED) is 0.659. The Kier molecular flexibility index (Phi) is 8.21. The van der Waals surface area contributed by atoms with Crippen LogP contribution in [0, 0.1) is 0 Å². The fraction of sp³-hybridized carbons (Fsp3) is 0.375. The molecule has 0 saturated carbocycles. The summed E-state index contributed by atoms with van der Waals surface area (Å²) in [7, 11) is 1.58. The van der Waals surface area contributed by atoms with Gasteiger partial charge in [0.2, 0.25) is 11.8 Å². The third-order valence-corrected chi connectivity index (χ3v) is 5.23. The van der Waals surface area contributed by atoms with Crippen molar-refractivity contribution in [3.05, 3.63) is 60.2 Å². The molecule has 8 heteroatoms. The van der Waals surface area contributed by atoms with Crippen molar-refractivity contribution in [1.29, 1.82) is 0 Å². The maximum absolute atomic E-state index is 12.5. The average Bonchev–Trinajstić information content (AvgIpc) is 2.80. The largest absolute Gasteiger partial charge is 0.378 e. The van der Waals surface area contributed by atoms with Crippen molar-refractivity contribution in [2.24, 2.45) is 0 Å². The van der Waals surface area contributed by atoms with Crippen LogP contribution in [0.25, 0.3) is 0 Å². The Balaban J connectivity index is 1.43. The summed E-state index contributed by atoms with van der Waals surface area (Å²) in [5, 5.41) is 5.63. The molecule has 3 amide bonds. The first-order chi connectivity index (χ1) is 15.4. The molecule has 2 aromatic rings. The normalized spacial score (nSPS) is 14.4. The number of likely N-dealkylation sites (N-methyl/N-ethyl adjacent to an activating group) is 1. The zero-order valence-electron chi connectivity index (χ0n) is 18.5. The molecule has 0 bridgehead atoms. The van der Waals surface area contributed by atoms with Gasteiger partial charge in [-0.05, 0) is 43.3 Å². The molecule has 0 aromatic heterocycles. The van der Waals surface area contributed by atoms with Crippen LogP contribution >= 0.6 is 0 Å². The molecule has 1 saturated heterocycles. The van der Waals surface area contributed by atoms with E-state index in [-0.39, 0.29) is 36.7 Å². The van der Waals surface area contributed by atoms with Crippen molar-refractivity contribution in [3.63, 3.8) is 0 Å². The molecule has 3 rings (SSSR count). The van der Waals surface area contributed by atoms with Crippen LogP contribution in [0.1, 0.15) is 23.7 Å². The molecule has 8 nitrogen and oxygen atoms in total. The number of carbonyl (C=O) groups is 3. The number of amides is 3. The molecule has 0 radical (unpaired) electrons. The lowest BCUT2D eigenvalue weighted by atomic mass is 10.1. The summed E-state index contributed by atoms with van der Waals surface area (Å²) in [5.41, 5.74) is 2.31. The van der Waals surface area contributed by atoms with E-state index in [1.54, 1.807) is 38.2 Å². The first-order valence-electron chi connectivity index (χ1n) is 10.7. The maximum atomic E-state index is 12.5. The highest BCUT2D eigenvalue weighted by Crippen LogP contribution is 2.19. The van der Waals surface area contributed by atoms with Crippen LogP contribution in [0.2, 0.25) is 0 Å². The minimum absolute atomic E-state index is 0.0661. The van der Waals surface area contributed by atoms with Gasteiger partial charge in [-0.25, -0.2) is 0 Å². The van der Waals surface area contributed by atoms with Gasteiger partial charge in [0.15, 0.2) is 0 Å². The number of carbonyl (C=O) groups excluding carboxylic acids is 3. The third kappa shape index (κ3) is 6.81. The second-order valence-electron chi connectivity index (χ2n) is 7.89. The number of benzene rings is 2. The lowest BCUT2D eigenvalue weighted by Gasteiger charge is -2.28. The first-order valence-corrected chi connectivity index (χ1v) is 10.7. The molecule has 2 N–H and O–H groups in total. The minimum Gasteiger partial charge on any atom is -0.378 e. The van der Waals surface area contributed by atoms with Crippen molar-refractivity contribution in [3.8, 4) is 0 Å². The summed E-state index contributed by atoms with van der Waals surface area (Å²) in [4.78, 5) is 40.6. The SMILES string of the molecule is CC(CC(=O)N(C)CC(=O)Nc1ccc(N2CCOCC2)cc1)NC(=O)c1ccccc1. The number of ether oxygens (including phenoxy) is 1. The lowest BCUT2D eigenvalue weighted by molar-refractivity contribution is -0.133. The van der Waals surface area contributed by atoms with E-state index in [0.29, 0.717) is 24.5 Å². The second-order valence-corrected chi connectivity index (χ2v) is 7.89. The monoisotopic (exact) mass is 438 g/mol. The third-order valence-electron chi connectivity index (χ3n) is 5.23. The van der Waals surface area contributed by atoms with Crippen LogP contribution in [0.15, 0.2) is 54.6 Å². The number of rotatable bonds is 8. The van der Waals surface area contributed by atoms with Crippen molar-refractivity contribution in [2.45, 2.75) is 19.4 Å². The van der Waals surface area contributed by atoms with Crippen LogP contribution < -0.4 is 15.5 Å². The van der Waals surface area contributed by atoms with Crippen LogP contribution in [0.5, 0.6) is 0 Å². The number of anilines is 2. The zero-order valence-corrected chi connectivity index (χ0v) is 18.5. The van der Waals surface area contributed by atoms with Gasteiger partial charge in [-0.1, -0.05) is 18.2 Å². The smallest absolute Gasteiger partial charge is 0.251 e. The van der Waals surface area contributed by atoms with E-state index in [9.17, 15) is 14.4 Å².